The van der Waals surface area contributed by atoms with Crippen LogP contribution in [-0.2, 0) is 0 Å². The second-order valence-corrected chi connectivity index (χ2v) is 5.30. The minimum absolute atomic E-state index is 0.591. The van der Waals surface area contributed by atoms with Gasteiger partial charge in [-0.05, 0) is 49.2 Å². The predicted octanol–water partition coefficient (Wildman–Crippen LogP) is 4.46. The molecule has 0 saturated heterocycles. The molecule has 2 aromatic carbocycles. The molecule has 0 aliphatic heterocycles. The van der Waals surface area contributed by atoms with Crippen LogP contribution in [0.25, 0.3) is 0 Å². The van der Waals surface area contributed by atoms with Crippen LogP contribution in [0, 0.1) is 13.8 Å². The van der Waals surface area contributed by atoms with Crippen molar-refractivity contribution in [1.82, 2.24) is 0 Å². The van der Waals surface area contributed by atoms with E-state index in [-0.39, 0.29) is 0 Å². The molecule has 0 fully saturated rings. The van der Waals surface area contributed by atoms with Crippen molar-refractivity contribution in [2.24, 2.45) is 0 Å². The van der Waals surface area contributed by atoms with E-state index in [1.807, 2.05) is 25.1 Å². The number of nitrogens with one attached hydrogen (secondary N) is 1. The molecule has 0 aromatic heterocycles. The first-order valence-electron chi connectivity index (χ1n) is 6.87. The summed E-state index contributed by atoms with van der Waals surface area (Å²) in [6.07, 6.45) is 0. The highest BCUT2D eigenvalue weighted by Crippen LogP contribution is 2.27. The quantitative estimate of drug-likeness (QED) is 0.799. The number of rotatable bonds is 6. The first-order valence-corrected chi connectivity index (χ1v) is 7.25. The fourth-order valence-electron chi connectivity index (χ4n) is 2.00. The van der Waals surface area contributed by atoms with Crippen LogP contribution in [0.15, 0.2) is 36.4 Å². The molecule has 0 radical (unpaired) electrons. The SMILES string of the molecule is COc1ccc(NCCOc2cc(C)ccc2C)cc1Cl. The lowest BCUT2D eigenvalue weighted by Crippen LogP contribution is -2.12. The third kappa shape index (κ3) is 4.30. The van der Waals surface area contributed by atoms with Gasteiger partial charge in [-0.25, -0.2) is 0 Å². The van der Waals surface area contributed by atoms with Crippen LogP contribution in [0.4, 0.5) is 5.69 Å². The van der Waals surface area contributed by atoms with Crippen molar-refractivity contribution in [2.45, 2.75) is 13.8 Å². The van der Waals surface area contributed by atoms with E-state index in [0.717, 1.165) is 17.0 Å². The molecular weight excluding hydrogens is 286 g/mol. The Morgan fingerprint density at radius 3 is 2.57 bits per heavy atom. The largest absolute Gasteiger partial charge is 0.495 e. The number of hydrogen-bond acceptors (Lipinski definition) is 3. The molecule has 0 bridgehead atoms. The monoisotopic (exact) mass is 305 g/mol. The minimum Gasteiger partial charge on any atom is -0.495 e. The van der Waals surface area contributed by atoms with Gasteiger partial charge >= 0.3 is 0 Å². The molecule has 1 N–H and O–H groups in total. The number of ether oxygens (including phenoxy) is 2. The average molecular weight is 306 g/mol. The van der Waals surface area contributed by atoms with Gasteiger partial charge in [-0.3, -0.25) is 0 Å². The summed E-state index contributed by atoms with van der Waals surface area (Å²) in [5, 5.41) is 3.87. The molecule has 21 heavy (non-hydrogen) atoms. The second kappa shape index (κ2) is 7.23. The van der Waals surface area contributed by atoms with Crippen LogP contribution in [-0.4, -0.2) is 20.3 Å². The van der Waals surface area contributed by atoms with E-state index in [9.17, 15) is 0 Å². The molecule has 0 spiro atoms. The van der Waals surface area contributed by atoms with Gasteiger partial charge in [0.05, 0.1) is 12.1 Å². The third-order valence-corrected chi connectivity index (χ3v) is 3.48. The number of halogens is 1. The summed E-state index contributed by atoms with van der Waals surface area (Å²) in [5.41, 5.74) is 3.30. The van der Waals surface area contributed by atoms with Crippen LogP contribution in [0.3, 0.4) is 0 Å². The summed E-state index contributed by atoms with van der Waals surface area (Å²) in [4.78, 5) is 0. The summed E-state index contributed by atoms with van der Waals surface area (Å²) < 4.78 is 10.9. The highest BCUT2D eigenvalue weighted by molar-refractivity contribution is 6.32. The maximum atomic E-state index is 6.08. The molecule has 0 amide bonds. The van der Waals surface area contributed by atoms with Crippen molar-refractivity contribution in [3.63, 3.8) is 0 Å². The first kappa shape index (κ1) is 15.5. The Hall–Kier alpha value is -1.87. The van der Waals surface area contributed by atoms with Crippen molar-refractivity contribution in [2.75, 3.05) is 25.6 Å². The number of hydrogen-bond donors (Lipinski definition) is 1. The zero-order valence-corrected chi connectivity index (χ0v) is 13.3. The van der Waals surface area contributed by atoms with Gasteiger partial charge in [-0.1, -0.05) is 23.7 Å². The van der Waals surface area contributed by atoms with Crippen molar-refractivity contribution in [3.8, 4) is 11.5 Å². The maximum absolute atomic E-state index is 6.08. The summed E-state index contributed by atoms with van der Waals surface area (Å²) in [5.74, 6) is 1.61. The molecule has 2 rings (SSSR count). The van der Waals surface area contributed by atoms with Crippen LogP contribution >= 0.6 is 11.6 Å². The number of methoxy groups -OCH3 is 1. The first-order chi connectivity index (χ1) is 10.1. The van der Waals surface area contributed by atoms with E-state index >= 15 is 0 Å². The lowest BCUT2D eigenvalue weighted by atomic mass is 10.1. The van der Waals surface area contributed by atoms with E-state index in [0.29, 0.717) is 23.9 Å². The molecule has 0 aliphatic rings. The van der Waals surface area contributed by atoms with Crippen LogP contribution < -0.4 is 14.8 Å². The van der Waals surface area contributed by atoms with Gasteiger partial charge in [0.1, 0.15) is 18.1 Å². The van der Waals surface area contributed by atoms with E-state index in [2.05, 4.69) is 30.4 Å². The Bertz CT molecular complexity index is 614. The smallest absolute Gasteiger partial charge is 0.137 e. The molecule has 0 saturated carbocycles. The van der Waals surface area contributed by atoms with Crippen molar-refractivity contribution < 1.29 is 9.47 Å². The molecular formula is C17H20ClNO2. The second-order valence-electron chi connectivity index (χ2n) is 4.89. The highest BCUT2D eigenvalue weighted by Gasteiger charge is 2.02. The van der Waals surface area contributed by atoms with Gasteiger partial charge in [-0.2, -0.15) is 0 Å². The zero-order chi connectivity index (χ0) is 15.2. The van der Waals surface area contributed by atoms with E-state index in [4.69, 9.17) is 21.1 Å². The Morgan fingerprint density at radius 2 is 1.86 bits per heavy atom. The number of benzene rings is 2. The minimum atomic E-state index is 0.591. The average Bonchev–Trinajstić information content (AvgIpc) is 2.47. The van der Waals surface area contributed by atoms with E-state index in [1.165, 1.54) is 5.56 Å². The van der Waals surface area contributed by atoms with Crippen LogP contribution in [0.2, 0.25) is 5.02 Å². The molecule has 112 valence electrons. The number of anilines is 1. The summed E-state index contributed by atoms with van der Waals surface area (Å²) >= 11 is 6.08. The fraction of sp³-hybridized carbons (Fsp3) is 0.294. The Morgan fingerprint density at radius 1 is 1.05 bits per heavy atom. The van der Waals surface area contributed by atoms with Crippen molar-refractivity contribution in [1.29, 1.82) is 0 Å². The Balaban J connectivity index is 1.84. The standard InChI is InChI=1S/C17H20ClNO2/c1-12-4-5-13(2)17(10-12)21-9-8-19-14-6-7-16(20-3)15(18)11-14/h4-7,10-11,19H,8-9H2,1-3H3. The molecule has 0 aliphatic carbocycles. The van der Waals surface area contributed by atoms with Gasteiger partial charge in [0.25, 0.3) is 0 Å². The summed E-state index contributed by atoms with van der Waals surface area (Å²) in [6.45, 7) is 5.40. The normalized spacial score (nSPS) is 10.3. The Labute approximate surface area is 130 Å². The molecule has 0 heterocycles. The van der Waals surface area contributed by atoms with E-state index < -0.39 is 0 Å². The number of aryl methyl sites for hydroxylation is 2. The van der Waals surface area contributed by atoms with E-state index in [1.54, 1.807) is 7.11 Å². The van der Waals surface area contributed by atoms with Gasteiger partial charge in [0, 0.05) is 12.2 Å². The maximum Gasteiger partial charge on any atom is 0.137 e. The zero-order valence-electron chi connectivity index (χ0n) is 12.6. The third-order valence-electron chi connectivity index (χ3n) is 3.18. The molecule has 0 atom stereocenters. The predicted molar refractivity (Wildman–Crippen MR) is 87.9 cm³/mol. The Kier molecular flexibility index (Phi) is 5.34. The highest BCUT2D eigenvalue weighted by atomic mass is 35.5. The topological polar surface area (TPSA) is 30.5 Å². The van der Waals surface area contributed by atoms with Gasteiger partial charge in [0.15, 0.2) is 0 Å². The summed E-state index contributed by atoms with van der Waals surface area (Å²) in [6, 6.07) is 11.8. The molecule has 3 nitrogen and oxygen atoms in total. The fourth-order valence-corrected chi connectivity index (χ4v) is 2.25. The molecule has 4 heteroatoms. The van der Waals surface area contributed by atoms with Gasteiger partial charge in [0.2, 0.25) is 0 Å². The molecule has 2 aromatic rings. The van der Waals surface area contributed by atoms with Gasteiger partial charge in [-0.15, -0.1) is 0 Å². The van der Waals surface area contributed by atoms with Crippen LogP contribution in [0.5, 0.6) is 11.5 Å². The van der Waals surface area contributed by atoms with Crippen molar-refractivity contribution in [3.05, 3.63) is 52.5 Å². The molecule has 0 unspecified atom stereocenters. The van der Waals surface area contributed by atoms with Gasteiger partial charge < -0.3 is 14.8 Å². The lowest BCUT2D eigenvalue weighted by molar-refractivity contribution is 0.330. The summed E-state index contributed by atoms with van der Waals surface area (Å²) in [7, 11) is 1.60. The van der Waals surface area contributed by atoms with Crippen molar-refractivity contribution >= 4 is 17.3 Å². The lowest BCUT2D eigenvalue weighted by Gasteiger charge is -2.12. The van der Waals surface area contributed by atoms with Crippen LogP contribution in [0.1, 0.15) is 11.1 Å².